The Balaban J connectivity index is 2.40. The summed E-state index contributed by atoms with van der Waals surface area (Å²) in [6.45, 7) is 1.85. The molecule has 2 rings (SSSR count). The highest BCUT2D eigenvalue weighted by atomic mass is 16.4. The van der Waals surface area contributed by atoms with Crippen LogP contribution in [-0.4, -0.2) is 24.0 Å². The zero-order valence-corrected chi connectivity index (χ0v) is 11.8. The van der Waals surface area contributed by atoms with Gasteiger partial charge in [0.05, 0.1) is 11.3 Å². The van der Waals surface area contributed by atoms with Crippen LogP contribution in [0.25, 0.3) is 0 Å². The molecule has 3 N–H and O–H groups in total. The van der Waals surface area contributed by atoms with Gasteiger partial charge in [0.2, 0.25) is 0 Å². The van der Waals surface area contributed by atoms with Crippen molar-refractivity contribution in [1.29, 1.82) is 0 Å². The van der Waals surface area contributed by atoms with Crippen LogP contribution in [0, 0.1) is 6.92 Å². The molecule has 0 saturated carbocycles. The van der Waals surface area contributed by atoms with Crippen molar-refractivity contribution < 1.29 is 14.7 Å². The Morgan fingerprint density at radius 1 is 1.14 bits per heavy atom. The van der Waals surface area contributed by atoms with Crippen LogP contribution in [0.2, 0.25) is 0 Å². The topological polar surface area (TPSA) is 83.6 Å². The molecule has 108 valence electrons. The maximum absolute atomic E-state index is 12.5. The summed E-state index contributed by atoms with van der Waals surface area (Å²) in [5, 5.41) is 9.19. The molecule has 0 spiro atoms. The van der Waals surface area contributed by atoms with E-state index in [0.29, 0.717) is 16.9 Å². The highest BCUT2D eigenvalue weighted by Crippen LogP contribution is 2.22. The molecule has 21 heavy (non-hydrogen) atoms. The van der Waals surface area contributed by atoms with Crippen molar-refractivity contribution in [1.82, 2.24) is 0 Å². The monoisotopic (exact) mass is 284 g/mol. The maximum atomic E-state index is 12.5. The Kier molecular flexibility index (Phi) is 3.93. The average molecular weight is 284 g/mol. The molecule has 0 saturated heterocycles. The van der Waals surface area contributed by atoms with Crippen molar-refractivity contribution in [3.63, 3.8) is 0 Å². The van der Waals surface area contributed by atoms with Gasteiger partial charge in [0.15, 0.2) is 0 Å². The molecule has 0 fully saturated rings. The van der Waals surface area contributed by atoms with E-state index in [1.54, 1.807) is 43.4 Å². The first-order chi connectivity index (χ1) is 9.91. The second-order valence-corrected chi connectivity index (χ2v) is 4.76. The molecule has 0 aromatic heterocycles. The Morgan fingerprint density at radius 3 is 2.43 bits per heavy atom. The molecule has 0 bridgehead atoms. The third kappa shape index (κ3) is 2.86. The minimum absolute atomic E-state index is 0.0773. The van der Waals surface area contributed by atoms with Crippen LogP contribution in [0.15, 0.2) is 42.5 Å². The van der Waals surface area contributed by atoms with Crippen molar-refractivity contribution >= 4 is 23.3 Å². The van der Waals surface area contributed by atoms with Gasteiger partial charge in [-0.05, 0) is 36.8 Å². The number of nitrogens with zero attached hydrogens (tertiary/aromatic N) is 1. The lowest BCUT2D eigenvalue weighted by Gasteiger charge is -2.19. The third-order valence-corrected chi connectivity index (χ3v) is 3.33. The molecule has 0 aliphatic rings. The number of anilines is 2. The fourth-order valence-electron chi connectivity index (χ4n) is 2.02. The van der Waals surface area contributed by atoms with E-state index in [1.165, 1.54) is 11.0 Å². The first kappa shape index (κ1) is 14.6. The molecular formula is C16H16N2O3. The molecular weight excluding hydrogens is 268 g/mol. The van der Waals surface area contributed by atoms with Crippen LogP contribution in [0.4, 0.5) is 11.4 Å². The number of rotatable bonds is 3. The number of carboxylic acids is 1. The number of para-hydroxylation sites is 1. The fourth-order valence-corrected chi connectivity index (χ4v) is 2.02. The summed E-state index contributed by atoms with van der Waals surface area (Å²) in [6.07, 6.45) is 0. The Morgan fingerprint density at radius 2 is 1.81 bits per heavy atom. The van der Waals surface area contributed by atoms with Crippen molar-refractivity contribution in [3.05, 3.63) is 59.2 Å². The minimum atomic E-state index is -1.08. The first-order valence-electron chi connectivity index (χ1n) is 6.38. The number of carboxylic acid groups (broad SMARTS) is 1. The van der Waals surface area contributed by atoms with E-state index in [-0.39, 0.29) is 11.5 Å². The predicted octanol–water partition coefficient (Wildman–Crippen LogP) is 2.55. The predicted molar refractivity (Wildman–Crippen MR) is 81.7 cm³/mol. The largest absolute Gasteiger partial charge is 0.478 e. The molecule has 0 unspecified atom stereocenters. The quantitative estimate of drug-likeness (QED) is 0.848. The second-order valence-electron chi connectivity index (χ2n) is 4.76. The summed E-state index contributed by atoms with van der Waals surface area (Å²) in [5.41, 5.74) is 8.06. The van der Waals surface area contributed by atoms with Crippen LogP contribution < -0.4 is 10.6 Å². The number of benzene rings is 2. The van der Waals surface area contributed by atoms with Crippen molar-refractivity contribution in [2.45, 2.75) is 6.92 Å². The molecule has 1 amide bonds. The summed E-state index contributed by atoms with van der Waals surface area (Å²) in [5.74, 6) is -1.39. The van der Waals surface area contributed by atoms with E-state index in [9.17, 15) is 14.7 Å². The van der Waals surface area contributed by atoms with Crippen LogP contribution in [-0.2, 0) is 0 Å². The summed E-state index contributed by atoms with van der Waals surface area (Å²) in [4.78, 5) is 25.0. The van der Waals surface area contributed by atoms with E-state index in [4.69, 9.17) is 5.73 Å². The second kappa shape index (κ2) is 5.66. The van der Waals surface area contributed by atoms with Crippen molar-refractivity contribution in [2.75, 3.05) is 17.7 Å². The molecule has 0 heterocycles. The first-order valence-corrected chi connectivity index (χ1v) is 6.38. The van der Waals surface area contributed by atoms with Gasteiger partial charge < -0.3 is 15.7 Å². The lowest BCUT2D eigenvalue weighted by molar-refractivity contribution is 0.0697. The van der Waals surface area contributed by atoms with Gasteiger partial charge in [0, 0.05) is 18.3 Å². The zero-order chi connectivity index (χ0) is 15.6. The highest BCUT2D eigenvalue weighted by molar-refractivity contribution is 6.09. The highest BCUT2D eigenvalue weighted by Gasteiger charge is 2.19. The molecule has 5 heteroatoms. The number of aryl methyl sites for hydroxylation is 1. The number of nitrogen functional groups attached to an aromatic ring is 1. The van der Waals surface area contributed by atoms with Crippen molar-refractivity contribution in [3.8, 4) is 0 Å². The normalized spacial score (nSPS) is 10.2. The number of carbonyl (C=O) groups excluding carboxylic acids is 1. The number of aromatic carboxylic acids is 1. The summed E-state index contributed by atoms with van der Waals surface area (Å²) in [6, 6.07) is 11.4. The maximum Gasteiger partial charge on any atom is 0.337 e. The van der Waals surface area contributed by atoms with Crippen LogP contribution >= 0.6 is 0 Å². The Bertz CT molecular complexity index is 710. The zero-order valence-electron chi connectivity index (χ0n) is 11.8. The lowest BCUT2D eigenvalue weighted by atomic mass is 10.1. The number of hydrogen-bond donors (Lipinski definition) is 2. The van der Waals surface area contributed by atoms with Gasteiger partial charge in [0.1, 0.15) is 0 Å². The molecule has 0 aliphatic heterocycles. The lowest BCUT2D eigenvalue weighted by Crippen LogP contribution is -2.28. The molecule has 5 nitrogen and oxygen atoms in total. The van der Waals surface area contributed by atoms with E-state index in [1.807, 2.05) is 6.92 Å². The number of carbonyl (C=O) groups is 2. The number of amides is 1. The summed E-state index contributed by atoms with van der Waals surface area (Å²) < 4.78 is 0. The van der Waals surface area contributed by atoms with Gasteiger partial charge in [-0.1, -0.05) is 18.2 Å². The minimum Gasteiger partial charge on any atom is -0.478 e. The van der Waals surface area contributed by atoms with E-state index >= 15 is 0 Å². The number of hydrogen-bond acceptors (Lipinski definition) is 3. The van der Waals surface area contributed by atoms with E-state index in [0.717, 1.165) is 5.56 Å². The molecule has 0 atom stereocenters. The van der Waals surface area contributed by atoms with Gasteiger partial charge in [-0.3, -0.25) is 4.79 Å². The molecule has 0 radical (unpaired) electrons. The fraction of sp³-hybridized carbons (Fsp3) is 0.125. The van der Waals surface area contributed by atoms with Gasteiger partial charge in [-0.25, -0.2) is 4.79 Å². The van der Waals surface area contributed by atoms with Gasteiger partial charge in [-0.2, -0.15) is 0 Å². The molecule has 2 aromatic carbocycles. The smallest absolute Gasteiger partial charge is 0.337 e. The van der Waals surface area contributed by atoms with Crippen LogP contribution in [0.5, 0.6) is 0 Å². The SMILES string of the molecule is Cc1ccc(C(=O)N(C)c2ccccc2C(=O)O)cc1N. The Labute approximate surface area is 122 Å². The van der Waals surface area contributed by atoms with Crippen LogP contribution in [0.3, 0.4) is 0 Å². The molecule has 2 aromatic rings. The van der Waals surface area contributed by atoms with Gasteiger partial charge in [0.25, 0.3) is 5.91 Å². The average Bonchev–Trinajstić information content (AvgIpc) is 2.48. The molecule has 0 aliphatic carbocycles. The third-order valence-electron chi connectivity index (χ3n) is 3.33. The Hall–Kier alpha value is -2.82. The van der Waals surface area contributed by atoms with E-state index < -0.39 is 5.97 Å². The van der Waals surface area contributed by atoms with Gasteiger partial charge >= 0.3 is 5.97 Å². The van der Waals surface area contributed by atoms with Crippen molar-refractivity contribution in [2.24, 2.45) is 0 Å². The van der Waals surface area contributed by atoms with E-state index in [2.05, 4.69) is 0 Å². The summed E-state index contributed by atoms with van der Waals surface area (Å²) >= 11 is 0. The van der Waals surface area contributed by atoms with Gasteiger partial charge in [-0.15, -0.1) is 0 Å². The summed E-state index contributed by atoms with van der Waals surface area (Å²) in [7, 11) is 1.54. The number of nitrogens with two attached hydrogens (primary N) is 1. The standard InChI is InChI=1S/C16H16N2O3/c1-10-7-8-11(9-13(10)17)15(19)18(2)14-6-4-3-5-12(14)16(20)21/h3-9H,17H2,1-2H3,(H,20,21). The van der Waals surface area contributed by atoms with Crippen LogP contribution in [0.1, 0.15) is 26.3 Å².